The number of nitriles is 1. The van der Waals surface area contributed by atoms with Crippen LogP contribution in [0.1, 0.15) is 22.5 Å². The highest BCUT2D eigenvalue weighted by Gasteiger charge is 2.01. The molecular weight excluding hydrogens is 214 g/mol. The fourth-order valence-electron chi connectivity index (χ4n) is 1.58. The molecule has 86 valence electrons. The summed E-state index contributed by atoms with van der Waals surface area (Å²) in [6.45, 7) is 2.97. The molecule has 3 heteroatoms. The van der Waals surface area contributed by atoms with Crippen LogP contribution in [0.15, 0.2) is 41.0 Å². The zero-order valence-corrected chi connectivity index (χ0v) is 9.64. The molecule has 0 aliphatic rings. The van der Waals surface area contributed by atoms with Gasteiger partial charge in [-0.2, -0.15) is 5.26 Å². The van der Waals surface area contributed by atoms with Gasteiger partial charge in [-0.15, -0.1) is 0 Å². The van der Waals surface area contributed by atoms with Crippen molar-refractivity contribution in [3.63, 3.8) is 0 Å². The van der Waals surface area contributed by atoms with Gasteiger partial charge >= 0.3 is 0 Å². The third-order valence-corrected chi connectivity index (χ3v) is 2.55. The molecule has 0 atom stereocenters. The molecular formula is C14H13NO2. The third kappa shape index (κ3) is 2.96. The van der Waals surface area contributed by atoms with E-state index in [0.717, 1.165) is 16.9 Å². The Kier molecular flexibility index (Phi) is 3.59. The minimum Gasteiger partial charge on any atom is -0.467 e. The lowest BCUT2D eigenvalue weighted by Gasteiger charge is -2.06. The molecule has 0 saturated carbocycles. The largest absolute Gasteiger partial charge is 0.467 e. The average Bonchev–Trinajstić information content (AvgIpc) is 2.84. The Balaban J connectivity index is 1.93. The first-order valence-electron chi connectivity index (χ1n) is 5.39. The van der Waals surface area contributed by atoms with Gasteiger partial charge < -0.3 is 9.15 Å². The Labute approximate surface area is 100 Å². The molecule has 3 nitrogen and oxygen atoms in total. The first kappa shape index (κ1) is 11.4. The molecule has 2 aromatic rings. The van der Waals surface area contributed by atoms with Crippen LogP contribution >= 0.6 is 0 Å². The second kappa shape index (κ2) is 5.33. The molecule has 0 N–H and O–H groups in total. The fourth-order valence-corrected chi connectivity index (χ4v) is 1.58. The van der Waals surface area contributed by atoms with Gasteiger partial charge in [-0.05, 0) is 42.3 Å². The number of aryl methyl sites for hydroxylation is 1. The van der Waals surface area contributed by atoms with Gasteiger partial charge in [-0.25, -0.2) is 0 Å². The molecule has 0 amide bonds. The van der Waals surface area contributed by atoms with E-state index >= 15 is 0 Å². The van der Waals surface area contributed by atoms with Crippen LogP contribution in [0.5, 0.6) is 0 Å². The van der Waals surface area contributed by atoms with Gasteiger partial charge in [0.1, 0.15) is 12.4 Å². The number of hydrogen-bond acceptors (Lipinski definition) is 3. The Bertz CT molecular complexity index is 524. The maximum atomic E-state index is 8.76. The van der Waals surface area contributed by atoms with E-state index in [2.05, 4.69) is 6.07 Å². The van der Waals surface area contributed by atoms with E-state index in [4.69, 9.17) is 14.4 Å². The molecule has 0 aliphatic carbocycles. The Morgan fingerprint density at radius 3 is 2.82 bits per heavy atom. The topological polar surface area (TPSA) is 46.2 Å². The van der Waals surface area contributed by atoms with Crippen molar-refractivity contribution >= 4 is 0 Å². The summed E-state index contributed by atoms with van der Waals surface area (Å²) >= 11 is 0. The molecule has 0 radical (unpaired) electrons. The van der Waals surface area contributed by atoms with Gasteiger partial charge in [0.05, 0.1) is 24.5 Å². The van der Waals surface area contributed by atoms with E-state index < -0.39 is 0 Å². The highest BCUT2D eigenvalue weighted by molar-refractivity contribution is 5.37. The summed E-state index contributed by atoms with van der Waals surface area (Å²) in [5.74, 6) is 0.816. The highest BCUT2D eigenvalue weighted by atomic mass is 16.5. The number of nitrogens with zero attached hydrogens (tertiary/aromatic N) is 1. The molecule has 0 spiro atoms. The van der Waals surface area contributed by atoms with E-state index in [1.54, 1.807) is 12.3 Å². The van der Waals surface area contributed by atoms with Crippen molar-refractivity contribution in [3.05, 3.63) is 59.0 Å². The van der Waals surface area contributed by atoms with Crippen molar-refractivity contribution in [2.45, 2.75) is 20.1 Å². The van der Waals surface area contributed by atoms with E-state index in [1.165, 1.54) is 0 Å². The number of hydrogen-bond donors (Lipinski definition) is 0. The van der Waals surface area contributed by atoms with Crippen molar-refractivity contribution in [2.75, 3.05) is 0 Å². The van der Waals surface area contributed by atoms with Crippen LogP contribution in [0.3, 0.4) is 0 Å². The molecule has 0 aliphatic heterocycles. The van der Waals surface area contributed by atoms with Crippen LogP contribution in [0.2, 0.25) is 0 Å². The van der Waals surface area contributed by atoms with Crippen molar-refractivity contribution in [2.24, 2.45) is 0 Å². The normalized spacial score (nSPS) is 10.1. The lowest BCUT2D eigenvalue weighted by atomic mass is 10.1. The van der Waals surface area contributed by atoms with Crippen molar-refractivity contribution in [3.8, 4) is 6.07 Å². The standard InChI is InChI=1S/C14H13NO2/c1-11-7-12(8-15)4-5-13(11)9-16-10-14-3-2-6-17-14/h2-7H,9-10H2,1H3. The van der Waals surface area contributed by atoms with E-state index in [1.807, 2.05) is 31.2 Å². The molecule has 0 saturated heterocycles. The van der Waals surface area contributed by atoms with Crippen LogP contribution < -0.4 is 0 Å². The Hall–Kier alpha value is -2.05. The average molecular weight is 227 g/mol. The summed E-state index contributed by atoms with van der Waals surface area (Å²) in [7, 11) is 0. The molecule has 1 aromatic carbocycles. The number of furan rings is 1. The van der Waals surface area contributed by atoms with Gasteiger partial charge in [0.2, 0.25) is 0 Å². The highest BCUT2D eigenvalue weighted by Crippen LogP contribution is 2.13. The predicted octanol–water partition coefficient (Wildman–Crippen LogP) is 3.18. The summed E-state index contributed by atoms with van der Waals surface area (Å²) in [4.78, 5) is 0. The van der Waals surface area contributed by atoms with Crippen molar-refractivity contribution in [1.29, 1.82) is 5.26 Å². The lowest BCUT2D eigenvalue weighted by molar-refractivity contribution is 0.0926. The van der Waals surface area contributed by atoms with Crippen LogP contribution in [0, 0.1) is 18.3 Å². The first-order valence-corrected chi connectivity index (χ1v) is 5.39. The maximum Gasteiger partial charge on any atom is 0.129 e. The smallest absolute Gasteiger partial charge is 0.129 e. The number of ether oxygens (including phenoxy) is 1. The van der Waals surface area contributed by atoms with E-state index in [-0.39, 0.29) is 0 Å². The molecule has 17 heavy (non-hydrogen) atoms. The molecule has 1 aromatic heterocycles. The number of rotatable bonds is 4. The monoisotopic (exact) mass is 227 g/mol. The third-order valence-electron chi connectivity index (χ3n) is 2.55. The van der Waals surface area contributed by atoms with Gasteiger partial charge in [-0.3, -0.25) is 0 Å². The summed E-state index contributed by atoms with van der Waals surface area (Å²) in [6.07, 6.45) is 1.63. The Morgan fingerprint density at radius 2 is 2.18 bits per heavy atom. The molecule has 0 unspecified atom stereocenters. The van der Waals surface area contributed by atoms with Crippen molar-refractivity contribution in [1.82, 2.24) is 0 Å². The fraction of sp³-hybridized carbons (Fsp3) is 0.214. The first-order chi connectivity index (χ1) is 8.29. The van der Waals surface area contributed by atoms with Gasteiger partial charge in [-0.1, -0.05) is 6.07 Å². The summed E-state index contributed by atoms with van der Waals surface area (Å²) in [6, 6.07) is 11.4. The minimum absolute atomic E-state index is 0.465. The second-order valence-electron chi connectivity index (χ2n) is 3.83. The zero-order valence-electron chi connectivity index (χ0n) is 9.64. The van der Waals surface area contributed by atoms with Crippen LogP contribution in [-0.2, 0) is 18.0 Å². The quantitative estimate of drug-likeness (QED) is 0.805. The molecule has 0 fully saturated rings. The summed E-state index contributed by atoms with van der Waals surface area (Å²) in [5.41, 5.74) is 2.84. The van der Waals surface area contributed by atoms with E-state index in [0.29, 0.717) is 18.8 Å². The van der Waals surface area contributed by atoms with Crippen LogP contribution in [-0.4, -0.2) is 0 Å². The summed E-state index contributed by atoms with van der Waals surface area (Å²) < 4.78 is 10.7. The van der Waals surface area contributed by atoms with Crippen LogP contribution in [0.4, 0.5) is 0 Å². The second-order valence-corrected chi connectivity index (χ2v) is 3.83. The van der Waals surface area contributed by atoms with E-state index in [9.17, 15) is 0 Å². The van der Waals surface area contributed by atoms with Crippen molar-refractivity contribution < 1.29 is 9.15 Å². The molecule has 0 bridgehead atoms. The summed E-state index contributed by atoms with van der Waals surface area (Å²) in [5, 5.41) is 8.76. The molecule has 2 rings (SSSR count). The van der Waals surface area contributed by atoms with Gasteiger partial charge in [0.15, 0.2) is 0 Å². The molecule has 1 heterocycles. The minimum atomic E-state index is 0.465. The lowest BCUT2D eigenvalue weighted by Crippen LogP contribution is -1.96. The zero-order chi connectivity index (χ0) is 12.1. The van der Waals surface area contributed by atoms with Crippen LogP contribution in [0.25, 0.3) is 0 Å². The predicted molar refractivity (Wildman–Crippen MR) is 63.1 cm³/mol. The number of benzene rings is 1. The maximum absolute atomic E-state index is 8.76. The van der Waals surface area contributed by atoms with Gasteiger partial charge in [0, 0.05) is 0 Å². The van der Waals surface area contributed by atoms with Gasteiger partial charge in [0.25, 0.3) is 0 Å². The SMILES string of the molecule is Cc1cc(C#N)ccc1COCc1ccco1. The Morgan fingerprint density at radius 1 is 1.29 bits per heavy atom.